The normalized spacial score (nSPS) is 19.4. The molecule has 0 radical (unpaired) electrons. The van der Waals surface area contributed by atoms with Crippen LogP contribution in [0, 0.1) is 11.7 Å². The van der Waals surface area contributed by atoms with Crippen molar-refractivity contribution in [1.29, 1.82) is 0 Å². The van der Waals surface area contributed by atoms with Crippen molar-refractivity contribution in [2.24, 2.45) is 13.0 Å². The van der Waals surface area contributed by atoms with Crippen molar-refractivity contribution in [1.82, 2.24) is 20.0 Å². The van der Waals surface area contributed by atoms with Crippen LogP contribution in [0.2, 0.25) is 0 Å². The average Bonchev–Trinajstić information content (AvgIpc) is 3.30. The van der Waals surface area contributed by atoms with Crippen molar-refractivity contribution >= 4 is 17.3 Å². The molecule has 1 atom stereocenters. The van der Waals surface area contributed by atoms with Crippen LogP contribution in [-0.4, -0.2) is 72.9 Å². The number of rotatable bonds is 7. The minimum atomic E-state index is -0.167. The summed E-state index contributed by atoms with van der Waals surface area (Å²) in [5.41, 5.74) is 1.31. The summed E-state index contributed by atoms with van der Waals surface area (Å²) >= 11 is 0. The van der Waals surface area contributed by atoms with Gasteiger partial charge in [-0.3, -0.25) is 14.5 Å². The molecule has 4 rings (SSSR count). The molecule has 9 heteroatoms. The zero-order valence-electron chi connectivity index (χ0n) is 18.5. The predicted molar refractivity (Wildman–Crippen MR) is 122 cm³/mol. The number of benzene rings is 1. The molecule has 32 heavy (non-hydrogen) atoms. The van der Waals surface area contributed by atoms with Gasteiger partial charge < -0.3 is 15.1 Å². The Morgan fingerprint density at radius 1 is 1.16 bits per heavy atom. The van der Waals surface area contributed by atoms with E-state index in [0.717, 1.165) is 57.8 Å². The number of carbonyl (C=O) groups is 1. The second kappa shape index (κ2) is 10.1. The van der Waals surface area contributed by atoms with E-state index in [9.17, 15) is 14.0 Å². The smallest absolute Gasteiger partial charge is 0.268 e. The monoisotopic (exact) mass is 442 g/mol. The largest absolute Gasteiger partial charge is 0.369 e. The quantitative estimate of drug-likeness (QED) is 0.647. The molecule has 2 aromatic rings. The van der Waals surface area contributed by atoms with Crippen LogP contribution in [0.4, 0.5) is 15.8 Å². The molecule has 1 aromatic carbocycles. The molecule has 2 fully saturated rings. The molecule has 0 aliphatic carbocycles. The van der Waals surface area contributed by atoms with Crippen LogP contribution in [0.15, 0.2) is 41.3 Å². The Labute approximate surface area is 187 Å². The van der Waals surface area contributed by atoms with Crippen LogP contribution in [0.25, 0.3) is 0 Å². The first-order valence-corrected chi connectivity index (χ1v) is 11.3. The average molecular weight is 443 g/mol. The van der Waals surface area contributed by atoms with E-state index < -0.39 is 0 Å². The minimum absolute atomic E-state index is 0.0663. The number of anilines is 2. The van der Waals surface area contributed by atoms with E-state index in [2.05, 4.69) is 20.2 Å². The molecule has 1 N–H and O–H groups in total. The molecule has 8 nitrogen and oxygen atoms in total. The van der Waals surface area contributed by atoms with Crippen LogP contribution in [-0.2, 0) is 11.8 Å². The van der Waals surface area contributed by atoms with Crippen LogP contribution >= 0.6 is 0 Å². The third-order valence-corrected chi connectivity index (χ3v) is 6.39. The summed E-state index contributed by atoms with van der Waals surface area (Å²) in [4.78, 5) is 30.9. The lowest BCUT2D eigenvalue weighted by molar-refractivity contribution is -0.124. The van der Waals surface area contributed by atoms with E-state index in [1.165, 1.54) is 10.7 Å². The highest BCUT2D eigenvalue weighted by molar-refractivity contribution is 5.80. The van der Waals surface area contributed by atoms with Crippen molar-refractivity contribution in [3.63, 3.8) is 0 Å². The summed E-state index contributed by atoms with van der Waals surface area (Å²) in [5, 5.41) is 7.13. The van der Waals surface area contributed by atoms with Gasteiger partial charge in [0.25, 0.3) is 5.56 Å². The Kier molecular flexibility index (Phi) is 7.04. The molecule has 0 bridgehead atoms. The number of halogens is 1. The molecule has 1 amide bonds. The van der Waals surface area contributed by atoms with E-state index in [4.69, 9.17) is 0 Å². The van der Waals surface area contributed by atoms with Crippen molar-refractivity contribution in [3.05, 3.63) is 52.7 Å². The van der Waals surface area contributed by atoms with Crippen LogP contribution in [0.1, 0.15) is 12.8 Å². The molecule has 2 aliphatic heterocycles. The van der Waals surface area contributed by atoms with E-state index in [1.807, 2.05) is 17.0 Å². The first-order chi connectivity index (χ1) is 15.5. The molecular formula is C23H31FN6O2. The molecule has 172 valence electrons. The van der Waals surface area contributed by atoms with Gasteiger partial charge in [-0.1, -0.05) is 12.1 Å². The Hall–Kier alpha value is -2.94. The van der Waals surface area contributed by atoms with Gasteiger partial charge in [0.1, 0.15) is 5.82 Å². The van der Waals surface area contributed by atoms with Crippen LogP contribution in [0.5, 0.6) is 0 Å². The van der Waals surface area contributed by atoms with Crippen molar-refractivity contribution in [2.75, 3.05) is 62.2 Å². The summed E-state index contributed by atoms with van der Waals surface area (Å²) in [6.45, 7) is 6.33. The van der Waals surface area contributed by atoms with Gasteiger partial charge in [0.2, 0.25) is 5.91 Å². The Morgan fingerprint density at radius 2 is 1.94 bits per heavy atom. The number of para-hydroxylation sites is 1. The molecular weight excluding hydrogens is 411 g/mol. The van der Waals surface area contributed by atoms with Crippen molar-refractivity contribution in [2.45, 2.75) is 12.8 Å². The fourth-order valence-corrected chi connectivity index (χ4v) is 4.42. The maximum atomic E-state index is 14.0. The fourth-order valence-electron chi connectivity index (χ4n) is 4.42. The standard InChI is InChI=1S/C23H31FN6O2/c1-27-22(31)15-19(16-26-27)30-10-7-18(17-30)23(32)25-8-4-9-28-11-13-29(14-12-28)21-6-3-2-5-20(21)24/h2-3,5-6,15-16,18H,4,7-14,17H2,1H3,(H,25,32). The first-order valence-electron chi connectivity index (χ1n) is 11.3. The van der Waals surface area contributed by atoms with E-state index in [-0.39, 0.29) is 23.2 Å². The highest BCUT2D eigenvalue weighted by Crippen LogP contribution is 2.22. The Balaban J connectivity index is 1.14. The summed E-state index contributed by atoms with van der Waals surface area (Å²) in [6, 6.07) is 8.49. The molecule has 2 aliphatic rings. The van der Waals surface area contributed by atoms with E-state index >= 15 is 0 Å². The van der Waals surface area contributed by atoms with E-state index in [0.29, 0.717) is 18.8 Å². The van der Waals surface area contributed by atoms with Gasteiger partial charge in [0, 0.05) is 58.9 Å². The lowest BCUT2D eigenvalue weighted by Gasteiger charge is -2.36. The number of hydrogen-bond donors (Lipinski definition) is 1. The number of nitrogens with one attached hydrogen (secondary N) is 1. The summed E-state index contributed by atoms with van der Waals surface area (Å²) in [5.74, 6) is -0.155. The molecule has 0 spiro atoms. The number of nitrogens with zero attached hydrogens (tertiary/aromatic N) is 5. The zero-order chi connectivity index (χ0) is 22.5. The maximum Gasteiger partial charge on any atom is 0.268 e. The number of aromatic nitrogens is 2. The van der Waals surface area contributed by atoms with E-state index in [1.54, 1.807) is 25.4 Å². The second-order valence-corrected chi connectivity index (χ2v) is 8.53. The minimum Gasteiger partial charge on any atom is -0.369 e. The lowest BCUT2D eigenvalue weighted by Crippen LogP contribution is -2.47. The van der Waals surface area contributed by atoms with Gasteiger partial charge in [0.15, 0.2) is 0 Å². The molecule has 1 unspecified atom stereocenters. The SMILES string of the molecule is Cn1ncc(N2CCC(C(=O)NCCCN3CCN(c4ccccc4F)CC3)C2)cc1=O. The predicted octanol–water partition coefficient (Wildman–Crippen LogP) is 1.07. The number of carbonyl (C=O) groups excluding carboxylic acids is 1. The molecule has 0 saturated carbocycles. The molecule has 1 aromatic heterocycles. The molecule has 3 heterocycles. The van der Waals surface area contributed by atoms with Gasteiger partial charge in [0.05, 0.1) is 23.5 Å². The van der Waals surface area contributed by atoms with Gasteiger partial charge in [-0.25, -0.2) is 9.07 Å². The van der Waals surface area contributed by atoms with Gasteiger partial charge >= 0.3 is 0 Å². The van der Waals surface area contributed by atoms with Crippen LogP contribution in [0.3, 0.4) is 0 Å². The molecule has 2 saturated heterocycles. The maximum absolute atomic E-state index is 14.0. The first kappa shape index (κ1) is 22.3. The third-order valence-electron chi connectivity index (χ3n) is 6.39. The lowest BCUT2D eigenvalue weighted by atomic mass is 10.1. The number of hydrogen-bond acceptors (Lipinski definition) is 6. The van der Waals surface area contributed by atoms with Crippen LogP contribution < -0.4 is 20.7 Å². The van der Waals surface area contributed by atoms with Crippen molar-refractivity contribution in [3.8, 4) is 0 Å². The third kappa shape index (κ3) is 5.27. The number of piperazine rings is 1. The zero-order valence-corrected chi connectivity index (χ0v) is 18.5. The summed E-state index contributed by atoms with van der Waals surface area (Å²) in [7, 11) is 1.62. The second-order valence-electron chi connectivity index (χ2n) is 8.53. The number of aryl methyl sites for hydroxylation is 1. The summed E-state index contributed by atoms with van der Waals surface area (Å²) in [6.07, 6.45) is 3.34. The topological polar surface area (TPSA) is 73.7 Å². The number of amides is 1. The van der Waals surface area contributed by atoms with Gasteiger partial charge in [-0.2, -0.15) is 5.10 Å². The fraction of sp³-hybridized carbons (Fsp3) is 0.522. The Bertz CT molecular complexity index is 988. The van der Waals surface area contributed by atoms with Gasteiger partial charge in [-0.15, -0.1) is 0 Å². The van der Waals surface area contributed by atoms with Crippen molar-refractivity contribution < 1.29 is 9.18 Å². The van der Waals surface area contributed by atoms with Gasteiger partial charge in [-0.05, 0) is 31.5 Å². The summed E-state index contributed by atoms with van der Waals surface area (Å²) < 4.78 is 15.3. The highest BCUT2D eigenvalue weighted by atomic mass is 19.1. The Morgan fingerprint density at radius 3 is 2.69 bits per heavy atom. The highest BCUT2D eigenvalue weighted by Gasteiger charge is 2.28.